The summed E-state index contributed by atoms with van der Waals surface area (Å²) in [6.07, 6.45) is 4.01. The van der Waals surface area contributed by atoms with Crippen molar-refractivity contribution in [3.8, 4) is 0 Å². The highest BCUT2D eigenvalue weighted by Crippen LogP contribution is 2.35. The van der Waals surface area contributed by atoms with Crippen molar-refractivity contribution in [2.75, 3.05) is 50.8 Å². The first kappa shape index (κ1) is 18.6. The van der Waals surface area contributed by atoms with Gasteiger partial charge in [-0.05, 0) is 32.3 Å². The molecule has 2 aromatic heterocycles. The van der Waals surface area contributed by atoms with Crippen LogP contribution < -0.4 is 10.2 Å². The summed E-state index contributed by atoms with van der Waals surface area (Å²) < 4.78 is 5.40. The average molecular weight is 390 g/mol. The number of carbonyl (C=O) groups is 1. The molecule has 27 heavy (non-hydrogen) atoms. The molecule has 7 nitrogen and oxygen atoms in total. The van der Waals surface area contributed by atoms with Crippen LogP contribution in [0.1, 0.15) is 35.0 Å². The number of amides is 1. The standard InChI is InChI=1S/C19H27N5O2S/c1-13(23-7-9-26-10-8-23)11-20-18(25)16-14(2)15-17(24-5-3-4-6-24)21-12-22-19(15)27-16/h12-13H,3-11H2,1-2H3,(H,20,25)/t13-/m1/s1. The second kappa shape index (κ2) is 8.08. The van der Waals surface area contributed by atoms with E-state index in [2.05, 4.69) is 32.0 Å². The maximum Gasteiger partial charge on any atom is 0.261 e. The van der Waals surface area contributed by atoms with Gasteiger partial charge in [-0.15, -0.1) is 11.3 Å². The predicted molar refractivity (Wildman–Crippen MR) is 108 cm³/mol. The normalized spacial score (nSPS) is 19.6. The summed E-state index contributed by atoms with van der Waals surface area (Å²) in [4.78, 5) is 28.1. The topological polar surface area (TPSA) is 70.6 Å². The lowest BCUT2D eigenvalue weighted by atomic mass is 10.2. The summed E-state index contributed by atoms with van der Waals surface area (Å²) in [7, 11) is 0. The lowest BCUT2D eigenvalue weighted by molar-refractivity contribution is 0.0204. The largest absolute Gasteiger partial charge is 0.379 e. The van der Waals surface area contributed by atoms with E-state index < -0.39 is 0 Å². The Hall–Kier alpha value is -1.77. The molecule has 0 spiro atoms. The minimum Gasteiger partial charge on any atom is -0.379 e. The molecule has 0 aromatic carbocycles. The van der Waals surface area contributed by atoms with Crippen molar-refractivity contribution in [2.24, 2.45) is 0 Å². The van der Waals surface area contributed by atoms with E-state index in [1.807, 2.05) is 6.92 Å². The van der Waals surface area contributed by atoms with E-state index in [9.17, 15) is 4.79 Å². The Morgan fingerprint density at radius 2 is 2.00 bits per heavy atom. The zero-order valence-electron chi connectivity index (χ0n) is 16.0. The Morgan fingerprint density at radius 3 is 2.74 bits per heavy atom. The molecule has 4 heterocycles. The van der Waals surface area contributed by atoms with E-state index in [1.165, 1.54) is 24.2 Å². The molecule has 0 unspecified atom stereocenters. The zero-order valence-corrected chi connectivity index (χ0v) is 16.8. The predicted octanol–water partition coefficient (Wildman–Crippen LogP) is 2.05. The third kappa shape index (κ3) is 3.79. The van der Waals surface area contributed by atoms with E-state index >= 15 is 0 Å². The maximum absolute atomic E-state index is 12.8. The molecule has 0 radical (unpaired) electrons. The first-order valence-corrected chi connectivity index (χ1v) is 10.6. The number of morpholine rings is 1. The molecule has 1 N–H and O–H groups in total. The molecule has 2 saturated heterocycles. The second-order valence-electron chi connectivity index (χ2n) is 7.34. The highest BCUT2D eigenvalue weighted by atomic mass is 32.1. The lowest BCUT2D eigenvalue weighted by Gasteiger charge is -2.32. The number of nitrogens with zero attached hydrogens (tertiary/aromatic N) is 4. The third-order valence-electron chi connectivity index (χ3n) is 5.55. The van der Waals surface area contributed by atoms with Crippen molar-refractivity contribution in [3.05, 3.63) is 16.8 Å². The SMILES string of the molecule is Cc1c(C(=O)NC[C@@H](C)N2CCOCC2)sc2ncnc(N3CCCC3)c12. The van der Waals surface area contributed by atoms with Crippen LogP contribution in [0.2, 0.25) is 0 Å². The van der Waals surface area contributed by atoms with Gasteiger partial charge in [-0.1, -0.05) is 0 Å². The van der Waals surface area contributed by atoms with Crippen LogP contribution >= 0.6 is 11.3 Å². The Bertz CT molecular complexity index is 812. The van der Waals surface area contributed by atoms with Gasteiger partial charge >= 0.3 is 0 Å². The van der Waals surface area contributed by atoms with Crippen LogP contribution in [0.15, 0.2) is 6.33 Å². The van der Waals surface area contributed by atoms with Gasteiger partial charge in [-0.3, -0.25) is 9.69 Å². The van der Waals surface area contributed by atoms with Crippen LogP contribution in [0.5, 0.6) is 0 Å². The highest BCUT2D eigenvalue weighted by molar-refractivity contribution is 7.20. The number of fused-ring (bicyclic) bond motifs is 1. The number of nitrogens with one attached hydrogen (secondary N) is 1. The molecule has 2 aliphatic heterocycles. The highest BCUT2D eigenvalue weighted by Gasteiger charge is 2.24. The molecule has 1 atom stereocenters. The third-order valence-corrected chi connectivity index (χ3v) is 6.74. The molecule has 2 aliphatic rings. The molecule has 0 saturated carbocycles. The molecule has 8 heteroatoms. The van der Waals surface area contributed by atoms with Crippen LogP contribution in [-0.4, -0.2) is 72.8 Å². The smallest absolute Gasteiger partial charge is 0.261 e. The Labute approximate surface area is 163 Å². The summed E-state index contributed by atoms with van der Waals surface area (Å²) in [6, 6.07) is 0.299. The molecular weight excluding hydrogens is 362 g/mol. The summed E-state index contributed by atoms with van der Waals surface area (Å²) in [5.74, 6) is 0.968. The minimum atomic E-state index is -0.0111. The lowest BCUT2D eigenvalue weighted by Crippen LogP contribution is -2.47. The van der Waals surface area contributed by atoms with Crippen LogP contribution in [0.25, 0.3) is 10.2 Å². The molecule has 146 valence electrons. The van der Waals surface area contributed by atoms with Gasteiger partial charge < -0.3 is 15.0 Å². The van der Waals surface area contributed by atoms with Crippen molar-refractivity contribution >= 4 is 33.3 Å². The number of hydrogen-bond acceptors (Lipinski definition) is 7. The summed E-state index contributed by atoms with van der Waals surface area (Å²) in [5.41, 5.74) is 0.994. The minimum absolute atomic E-state index is 0.0111. The number of thiophene rings is 1. The van der Waals surface area contributed by atoms with Crippen molar-refractivity contribution in [1.82, 2.24) is 20.2 Å². The van der Waals surface area contributed by atoms with Crippen LogP contribution in [0.4, 0.5) is 5.82 Å². The van der Waals surface area contributed by atoms with Gasteiger partial charge in [0.2, 0.25) is 0 Å². The van der Waals surface area contributed by atoms with Gasteiger partial charge in [0, 0.05) is 38.8 Å². The van der Waals surface area contributed by atoms with Gasteiger partial charge in [-0.25, -0.2) is 9.97 Å². The average Bonchev–Trinajstić information content (AvgIpc) is 3.35. The number of aromatic nitrogens is 2. The molecule has 2 aromatic rings. The second-order valence-corrected chi connectivity index (χ2v) is 8.33. The Balaban J connectivity index is 1.50. The molecule has 1 amide bonds. The van der Waals surface area contributed by atoms with Gasteiger partial charge in [0.15, 0.2) is 0 Å². The van der Waals surface area contributed by atoms with Crippen molar-refractivity contribution in [2.45, 2.75) is 32.7 Å². The maximum atomic E-state index is 12.8. The van der Waals surface area contributed by atoms with Gasteiger partial charge in [0.05, 0.1) is 23.5 Å². The summed E-state index contributed by atoms with van der Waals surface area (Å²) >= 11 is 1.47. The first-order valence-electron chi connectivity index (χ1n) is 9.74. The fraction of sp³-hybridized carbons (Fsp3) is 0.632. The summed E-state index contributed by atoms with van der Waals surface area (Å²) in [6.45, 7) is 10.2. The van der Waals surface area contributed by atoms with E-state index in [0.29, 0.717) is 12.6 Å². The van der Waals surface area contributed by atoms with Gasteiger partial charge in [0.1, 0.15) is 17.0 Å². The van der Waals surface area contributed by atoms with E-state index in [-0.39, 0.29) is 5.91 Å². The quantitative estimate of drug-likeness (QED) is 0.844. The first-order chi connectivity index (χ1) is 13.1. The molecule has 0 bridgehead atoms. The fourth-order valence-electron chi connectivity index (χ4n) is 3.91. The van der Waals surface area contributed by atoms with Gasteiger partial charge in [-0.2, -0.15) is 0 Å². The molecular formula is C19H27N5O2S. The molecule has 4 rings (SSSR count). The number of rotatable bonds is 5. The summed E-state index contributed by atoms with van der Waals surface area (Å²) in [5, 5.41) is 4.15. The molecule has 0 aliphatic carbocycles. The van der Waals surface area contributed by atoms with E-state index in [4.69, 9.17) is 4.74 Å². The van der Waals surface area contributed by atoms with E-state index in [1.54, 1.807) is 6.33 Å². The van der Waals surface area contributed by atoms with Crippen molar-refractivity contribution < 1.29 is 9.53 Å². The Kier molecular flexibility index (Phi) is 5.56. The van der Waals surface area contributed by atoms with Crippen molar-refractivity contribution in [3.63, 3.8) is 0 Å². The van der Waals surface area contributed by atoms with Crippen LogP contribution in [0.3, 0.4) is 0 Å². The van der Waals surface area contributed by atoms with Crippen LogP contribution in [-0.2, 0) is 4.74 Å². The number of ether oxygens (including phenoxy) is 1. The number of hydrogen-bond donors (Lipinski definition) is 1. The van der Waals surface area contributed by atoms with E-state index in [0.717, 1.165) is 65.9 Å². The Morgan fingerprint density at radius 1 is 1.26 bits per heavy atom. The van der Waals surface area contributed by atoms with Gasteiger partial charge in [0.25, 0.3) is 5.91 Å². The fourth-order valence-corrected chi connectivity index (χ4v) is 4.97. The number of aryl methyl sites for hydroxylation is 1. The number of anilines is 1. The van der Waals surface area contributed by atoms with Crippen LogP contribution in [0, 0.1) is 6.92 Å². The van der Waals surface area contributed by atoms with Crippen molar-refractivity contribution in [1.29, 1.82) is 0 Å². The number of carbonyl (C=O) groups excluding carboxylic acids is 1. The monoisotopic (exact) mass is 389 g/mol. The zero-order chi connectivity index (χ0) is 18.8. The molecule has 2 fully saturated rings.